The lowest BCUT2D eigenvalue weighted by Gasteiger charge is -2.26. The summed E-state index contributed by atoms with van der Waals surface area (Å²) in [7, 11) is 0. The van der Waals surface area contributed by atoms with E-state index in [1.54, 1.807) is 6.07 Å². The summed E-state index contributed by atoms with van der Waals surface area (Å²) in [6.45, 7) is 1.95. The lowest BCUT2D eigenvalue weighted by Crippen LogP contribution is -2.26. The van der Waals surface area contributed by atoms with E-state index in [1.807, 2.05) is 6.92 Å². The van der Waals surface area contributed by atoms with Crippen molar-refractivity contribution in [3.63, 3.8) is 0 Å². The fourth-order valence-electron chi connectivity index (χ4n) is 2.82. The lowest BCUT2D eigenvalue weighted by molar-refractivity contribution is -0.137. The molecule has 0 saturated heterocycles. The number of rotatable bonds is 5. The second-order valence-corrected chi connectivity index (χ2v) is 6.18. The number of hydrogen-bond donors (Lipinski definition) is 2. The van der Waals surface area contributed by atoms with Gasteiger partial charge in [0.25, 0.3) is 0 Å². The van der Waals surface area contributed by atoms with Crippen LogP contribution in [0.3, 0.4) is 0 Å². The number of aromatic hydroxyl groups is 1. The first-order chi connectivity index (χ1) is 11.4. The number of hydrogen-bond acceptors (Lipinski definition) is 3. The van der Waals surface area contributed by atoms with Crippen LogP contribution in [0, 0.1) is 0 Å². The van der Waals surface area contributed by atoms with Gasteiger partial charge in [0.05, 0.1) is 11.1 Å². The molecule has 0 bridgehead atoms. The molecule has 0 aliphatic heterocycles. The summed E-state index contributed by atoms with van der Waals surface area (Å²) in [5.74, 6) is 0.699. The van der Waals surface area contributed by atoms with Crippen molar-refractivity contribution in [2.45, 2.75) is 51.2 Å². The molecule has 24 heavy (non-hydrogen) atoms. The number of furan rings is 1. The maximum atomic E-state index is 13.0. The van der Waals surface area contributed by atoms with Gasteiger partial charge in [-0.3, -0.25) is 0 Å². The third-order valence-corrected chi connectivity index (χ3v) is 4.35. The first kappa shape index (κ1) is 16.7. The Morgan fingerprint density at radius 3 is 2.62 bits per heavy atom. The predicted octanol–water partition coefficient (Wildman–Crippen LogP) is 5.59. The van der Waals surface area contributed by atoms with Gasteiger partial charge in [-0.05, 0) is 43.4 Å². The van der Waals surface area contributed by atoms with Crippen molar-refractivity contribution in [2.75, 3.05) is 5.32 Å². The van der Waals surface area contributed by atoms with E-state index in [9.17, 15) is 18.3 Å². The number of halogens is 3. The Labute approximate surface area is 138 Å². The Morgan fingerprint density at radius 2 is 2.04 bits per heavy atom. The summed E-state index contributed by atoms with van der Waals surface area (Å²) in [6, 6.07) is 5.21. The fraction of sp³-hybridized carbons (Fsp3) is 0.444. The molecule has 1 aromatic carbocycles. The molecule has 6 heteroatoms. The first-order valence-corrected chi connectivity index (χ1v) is 8.19. The molecule has 0 atom stereocenters. The van der Waals surface area contributed by atoms with Crippen LogP contribution in [-0.4, -0.2) is 11.1 Å². The van der Waals surface area contributed by atoms with Crippen molar-refractivity contribution >= 4 is 5.88 Å². The number of aryl methyl sites for hydroxylation is 1. The topological polar surface area (TPSA) is 45.4 Å². The van der Waals surface area contributed by atoms with Crippen LogP contribution >= 0.6 is 0 Å². The average Bonchev–Trinajstić information content (AvgIpc) is 2.79. The largest absolute Gasteiger partial charge is 0.504 e. The third kappa shape index (κ3) is 3.23. The highest BCUT2D eigenvalue weighted by molar-refractivity contribution is 5.82. The molecule has 2 aromatic rings. The number of anilines is 1. The second-order valence-electron chi connectivity index (χ2n) is 6.18. The van der Waals surface area contributed by atoms with E-state index in [2.05, 4.69) is 5.32 Å². The van der Waals surface area contributed by atoms with Gasteiger partial charge in [-0.1, -0.05) is 19.1 Å². The minimum absolute atomic E-state index is 0.0713. The molecule has 0 amide bonds. The molecule has 1 aromatic heterocycles. The Bertz CT molecular complexity index is 718. The van der Waals surface area contributed by atoms with Gasteiger partial charge in [0.2, 0.25) is 5.88 Å². The van der Waals surface area contributed by atoms with Gasteiger partial charge >= 0.3 is 6.18 Å². The van der Waals surface area contributed by atoms with Crippen molar-refractivity contribution < 1.29 is 22.7 Å². The summed E-state index contributed by atoms with van der Waals surface area (Å²) in [4.78, 5) is 0. The van der Waals surface area contributed by atoms with Crippen LogP contribution in [0.4, 0.5) is 19.1 Å². The third-order valence-electron chi connectivity index (χ3n) is 4.35. The molecular weight excluding hydrogens is 319 g/mol. The number of alkyl halides is 3. The van der Waals surface area contributed by atoms with E-state index in [1.165, 1.54) is 6.07 Å². The SMILES string of the molecule is CCCc1oc(NC2CCC2)c(-c2cccc(C(F)(F)F)c2)c1O. The van der Waals surface area contributed by atoms with E-state index < -0.39 is 11.7 Å². The highest BCUT2D eigenvalue weighted by atomic mass is 19.4. The summed E-state index contributed by atoms with van der Waals surface area (Å²) in [5, 5.41) is 13.7. The first-order valence-electron chi connectivity index (χ1n) is 8.19. The Kier molecular flexibility index (Phi) is 4.47. The van der Waals surface area contributed by atoms with Crippen LogP contribution in [0.15, 0.2) is 28.7 Å². The molecule has 1 aliphatic carbocycles. The Morgan fingerprint density at radius 1 is 1.29 bits per heavy atom. The minimum atomic E-state index is -4.43. The van der Waals surface area contributed by atoms with Gasteiger partial charge in [0, 0.05) is 12.5 Å². The van der Waals surface area contributed by atoms with E-state index in [-0.39, 0.29) is 11.8 Å². The van der Waals surface area contributed by atoms with Gasteiger partial charge < -0.3 is 14.8 Å². The van der Waals surface area contributed by atoms with Crippen LogP contribution in [-0.2, 0) is 12.6 Å². The predicted molar refractivity (Wildman–Crippen MR) is 86.1 cm³/mol. The molecular formula is C18H20F3NO2. The summed E-state index contributed by atoms with van der Waals surface area (Å²) in [5.41, 5.74) is -0.126. The average molecular weight is 339 g/mol. The molecule has 0 unspecified atom stereocenters. The van der Waals surface area contributed by atoms with Crippen molar-refractivity contribution in [1.29, 1.82) is 0 Å². The Hall–Kier alpha value is -2.11. The normalized spacial score (nSPS) is 15.3. The van der Waals surface area contributed by atoms with Gasteiger partial charge in [0.15, 0.2) is 5.75 Å². The van der Waals surface area contributed by atoms with Crippen LogP contribution in [0.2, 0.25) is 0 Å². The molecule has 1 saturated carbocycles. The van der Waals surface area contributed by atoms with Crippen molar-refractivity contribution in [1.82, 2.24) is 0 Å². The van der Waals surface area contributed by atoms with E-state index in [4.69, 9.17) is 4.42 Å². The molecule has 1 fully saturated rings. The van der Waals surface area contributed by atoms with Crippen LogP contribution in [0.25, 0.3) is 11.1 Å². The minimum Gasteiger partial charge on any atom is -0.504 e. The maximum absolute atomic E-state index is 13.0. The summed E-state index contributed by atoms with van der Waals surface area (Å²) in [6.07, 6.45) is -0.0242. The Balaban J connectivity index is 2.04. The molecule has 1 aliphatic rings. The molecule has 3 rings (SSSR count). The van der Waals surface area contributed by atoms with Gasteiger partial charge in [-0.25, -0.2) is 0 Å². The summed E-state index contributed by atoms with van der Waals surface area (Å²) < 4.78 is 44.7. The number of benzene rings is 1. The highest BCUT2D eigenvalue weighted by Crippen LogP contribution is 2.44. The van der Waals surface area contributed by atoms with Gasteiger partial charge in [-0.15, -0.1) is 0 Å². The lowest BCUT2D eigenvalue weighted by atomic mass is 9.93. The van der Waals surface area contributed by atoms with Crippen molar-refractivity contribution in [2.24, 2.45) is 0 Å². The molecule has 3 nitrogen and oxygen atoms in total. The van der Waals surface area contributed by atoms with Crippen molar-refractivity contribution in [3.8, 4) is 16.9 Å². The smallest absolute Gasteiger partial charge is 0.416 e. The van der Waals surface area contributed by atoms with Crippen LogP contribution in [0.1, 0.15) is 43.9 Å². The van der Waals surface area contributed by atoms with Gasteiger partial charge in [0.1, 0.15) is 5.76 Å². The van der Waals surface area contributed by atoms with Crippen LogP contribution in [0.5, 0.6) is 5.75 Å². The van der Waals surface area contributed by atoms with Crippen molar-refractivity contribution in [3.05, 3.63) is 35.6 Å². The zero-order valence-electron chi connectivity index (χ0n) is 13.4. The zero-order chi connectivity index (χ0) is 17.3. The van der Waals surface area contributed by atoms with E-state index in [0.29, 0.717) is 29.2 Å². The number of nitrogens with one attached hydrogen (secondary N) is 1. The molecule has 130 valence electrons. The quantitative estimate of drug-likeness (QED) is 0.746. The molecule has 1 heterocycles. The second kappa shape index (κ2) is 6.42. The monoisotopic (exact) mass is 339 g/mol. The molecule has 0 radical (unpaired) electrons. The maximum Gasteiger partial charge on any atom is 0.416 e. The highest BCUT2D eigenvalue weighted by Gasteiger charge is 2.32. The summed E-state index contributed by atoms with van der Waals surface area (Å²) >= 11 is 0. The van der Waals surface area contributed by atoms with Gasteiger partial charge in [-0.2, -0.15) is 13.2 Å². The van der Waals surface area contributed by atoms with Crippen LogP contribution < -0.4 is 5.32 Å². The fourth-order valence-corrected chi connectivity index (χ4v) is 2.82. The molecule has 0 spiro atoms. The zero-order valence-corrected chi connectivity index (χ0v) is 13.4. The van der Waals surface area contributed by atoms with E-state index >= 15 is 0 Å². The molecule has 2 N–H and O–H groups in total. The van der Waals surface area contributed by atoms with E-state index in [0.717, 1.165) is 37.8 Å². The standard InChI is InChI=1S/C18H20F3NO2/c1-2-5-14-16(23)15(17(24-14)22-13-8-4-9-13)11-6-3-7-12(10-11)18(19,20)21/h3,6-7,10,13,22-23H,2,4-5,8-9H2,1H3.